The average molecular weight is 436 g/mol. The fourth-order valence-corrected chi connectivity index (χ4v) is 4.15. The molecule has 0 saturated heterocycles. The molecule has 172 valence electrons. The van der Waals surface area contributed by atoms with Gasteiger partial charge in [0.2, 0.25) is 10.0 Å². The molecular weight excluding hydrogens is 394 g/mol. The van der Waals surface area contributed by atoms with Gasteiger partial charge in [0.1, 0.15) is 6.10 Å². The molecule has 0 aliphatic rings. The van der Waals surface area contributed by atoms with Gasteiger partial charge in [0.15, 0.2) is 0 Å². The number of aliphatic carboxylic acids is 1. The molecule has 0 fully saturated rings. The molecule has 0 aliphatic heterocycles. The molecule has 0 aliphatic carbocycles. The lowest BCUT2D eigenvalue weighted by molar-refractivity contribution is -0.150. The quantitative estimate of drug-likeness (QED) is 0.217. The summed E-state index contributed by atoms with van der Waals surface area (Å²) in [5, 5.41) is 8.57. The number of hydrogen-bond donors (Lipinski definition) is 2. The molecule has 0 amide bonds. The van der Waals surface area contributed by atoms with Gasteiger partial charge in [-0.05, 0) is 44.9 Å². The van der Waals surface area contributed by atoms with Crippen molar-refractivity contribution >= 4 is 22.0 Å². The summed E-state index contributed by atoms with van der Waals surface area (Å²) in [6, 6.07) is 0. The number of nitrogens with one attached hydrogen (secondary N) is 1. The molecule has 0 aromatic rings. The zero-order valence-electron chi connectivity index (χ0n) is 18.3. The lowest BCUT2D eigenvalue weighted by atomic mass is 10.1. The molecule has 0 radical (unpaired) electrons. The summed E-state index contributed by atoms with van der Waals surface area (Å²) in [7, 11) is -3.34. The van der Waals surface area contributed by atoms with E-state index in [1.165, 1.54) is 0 Å². The van der Waals surface area contributed by atoms with Crippen LogP contribution in [-0.4, -0.2) is 43.9 Å². The number of hydrogen-bond acceptors (Lipinski definition) is 5. The summed E-state index contributed by atoms with van der Waals surface area (Å²) in [5.41, 5.74) is 0. The van der Waals surface area contributed by atoms with Crippen molar-refractivity contribution in [3.63, 3.8) is 0 Å². The molecule has 7 nitrogen and oxygen atoms in total. The summed E-state index contributed by atoms with van der Waals surface area (Å²) in [5.74, 6) is -0.949. The largest absolute Gasteiger partial charge is 0.481 e. The summed E-state index contributed by atoms with van der Waals surface area (Å²) in [4.78, 5) is 22.3. The Morgan fingerprint density at radius 3 is 2.17 bits per heavy atom. The molecule has 0 bridgehead atoms. The van der Waals surface area contributed by atoms with E-state index in [-0.39, 0.29) is 24.2 Å². The van der Waals surface area contributed by atoms with Crippen LogP contribution in [0.4, 0.5) is 0 Å². The second kappa shape index (κ2) is 17.7. The van der Waals surface area contributed by atoms with Crippen molar-refractivity contribution in [1.82, 2.24) is 4.72 Å². The fraction of sp³-hybridized carbons (Fsp3) is 0.905. The third kappa shape index (κ3) is 18.6. The number of rotatable bonds is 20. The minimum Gasteiger partial charge on any atom is -0.481 e. The SMILES string of the molecule is CCCCCC(CCCS(=O)(=O)NCCCCCCC(=O)O)OC(=O)CCCC. The van der Waals surface area contributed by atoms with Gasteiger partial charge in [-0.25, -0.2) is 13.1 Å². The number of ether oxygens (including phenoxy) is 1. The van der Waals surface area contributed by atoms with Gasteiger partial charge in [0.25, 0.3) is 0 Å². The third-order valence-corrected chi connectivity index (χ3v) is 6.21. The molecule has 0 aromatic heterocycles. The van der Waals surface area contributed by atoms with Crippen LogP contribution in [0.25, 0.3) is 0 Å². The van der Waals surface area contributed by atoms with Crippen LogP contribution in [0, 0.1) is 0 Å². The van der Waals surface area contributed by atoms with E-state index in [9.17, 15) is 18.0 Å². The van der Waals surface area contributed by atoms with E-state index in [2.05, 4.69) is 11.6 Å². The molecular formula is C21H41NO6S. The molecule has 0 spiro atoms. The molecule has 8 heteroatoms. The minimum absolute atomic E-state index is 0.0306. The second-order valence-corrected chi connectivity index (χ2v) is 9.55. The second-order valence-electron chi connectivity index (χ2n) is 7.62. The Balaban J connectivity index is 4.12. The van der Waals surface area contributed by atoms with Gasteiger partial charge in [-0.3, -0.25) is 9.59 Å². The van der Waals surface area contributed by atoms with E-state index in [4.69, 9.17) is 9.84 Å². The summed E-state index contributed by atoms with van der Waals surface area (Å²) in [6.07, 6.45) is 10.0. The normalized spacial score (nSPS) is 12.6. The number of unbranched alkanes of at least 4 members (excludes halogenated alkanes) is 6. The molecule has 2 N–H and O–H groups in total. The maximum Gasteiger partial charge on any atom is 0.306 e. The predicted octanol–water partition coefficient (Wildman–Crippen LogP) is 4.40. The smallest absolute Gasteiger partial charge is 0.306 e. The van der Waals surface area contributed by atoms with Gasteiger partial charge in [0.05, 0.1) is 5.75 Å². The Kier molecular flexibility index (Phi) is 17.0. The predicted molar refractivity (Wildman–Crippen MR) is 115 cm³/mol. The van der Waals surface area contributed by atoms with E-state index in [1.54, 1.807) is 0 Å². The topological polar surface area (TPSA) is 110 Å². The standard InChI is InChI=1S/C21H41NO6S/c1-3-5-9-13-19(28-21(25)16-6-4-2)14-12-18-29(26,27)22-17-11-8-7-10-15-20(23)24/h19,22H,3-18H2,1-2H3,(H,23,24). The van der Waals surface area contributed by atoms with Gasteiger partial charge in [-0.2, -0.15) is 0 Å². The van der Waals surface area contributed by atoms with Crippen molar-refractivity contribution in [3.8, 4) is 0 Å². The van der Waals surface area contributed by atoms with Crippen molar-refractivity contribution in [2.45, 2.75) is 110 Å². The van der Waals surface area contributed by atoms with Crippen molar-refractivity contribution in [2.75, 3.05) is 12.3 Å². The lowest BCUT2D eigenvalue weighted by Gasteiger charge is -2.18. The van der Waals surface area contributed by atoms with Gasteiger partial charge in [-0.1, -0.05) is 46.0 Å². The lowest BCUT2D eigenvalue weighted by Crippen LogP contribution is -2.28. The highest BCUT2D eigenvalue weighted by Gasteiger charge is 2.16. The Bertz CT molecular complexity index is 535. The summed E-state index contributed by atoms with van der Waals surface area (Å²) in [6.45, 7) is 4.52. The number of carbonyl (C=O) groups excluding carboxylic acids is 1. The first-order valence-electron chi connectivity index (χ1n) is 11.2. The Labute approximate surface area is 177 Å². The van der Waals surface area contributed by atoms with Crippen LogP contribution < -0.4 is 4.72 Å². The molecule has 0 rings (SSSR count). The van der Waals surface area contributed by atoms with Crippen LogP contribution in [0.2, 0.25) is 0 Å². The van der Waals surface area contributed by atoms with Gasteiger partial charge >= 0.3 is 11.9 Å². The third-order valence-electron chi connectivity index (χ3n) is 4.74. The highest BCUT2D eigenvalue weighted by atomic mass is 32.2. The van der Waals surface area contributed by atoms with Crippen LogP contribution in [0.15, 0.2) is 0 Å². The average Bonchev–Trinajstić information content (AvgIpc) is 2.65. The monoisotopic (exact) mass is 435 g/mol. The minimum atomic E-state index is -3.34. The first kappa shape index (κ1) is 27.8. The van der Waals surface area contributed by atoms with Gasteiger partial charge < -0.3 is 9.84 Å². The number of carboxylic acid groups (broad SMARTS) is 1. The van der Waals surface area contributed by atoms with E-state index in [1.807, 2.05) is 6.92 Å². The highest BCUT2D eigenvalue weighted by molar-refractivity contribution is 7.89. The van der Waals surface area contributed by atoms with Crippen LogP contribution in [0.3, 0.4) is 0 Å². The summed E-state index contributed by atoms with van der Waals surface area (Å²) < 4.78 is 32.4. The first-order chi connectivity index (χ1) is 13.8. The van der Waals surface area contributed by atoms with E-state index in [0.29, 0.717) is 38.6 Å². The highest BCUT2D eigenvalue weighted by Crippen LogP contribution is 2.15. The molecule has 1 unspecified atom stereocenters. The number of carboxylic acids is 1. The Morgan fingerprint density at radius 2 is 1.52 bits per heavy atom. The first-order valence-corrected chi connectivity index (χ1v) is 12.8. The molecule has 0 saturated carbocycles. The van der Waals surface area contributed by atoms with Crippen LogP contribution in [0.5, 0.6) is 0 Å². The van der Waals surface area contributed by atoms with Crippen LogP contribution in [-0.2, 0) is 24.3 Å². The van der Waals surface area contributed by atoms with Crippen LogP contribution in [0.1, 0.15) is 104 Å². The molecule has 29 heavy (non-hydrogen) atoms. The van der Waals surface area contributed by atoms with Crippen LogP contribution >= 0.6 is 0 Å². The molecule has 0 aromatic carbocycles. The van der Waals surface area contributed by atoms with Crippen molar-refractivity contribution in [2.24, 2.45) is 0 Å². The van der Waals surface area contributed by atoms with Crippen molar-refractivity contribution in [3.05, 3.63) is 0 Å². The Hall–Kier alpha value is -1.15. The van der Waals surface area contributed by atoms with E-state index in [0.717, 1.165) is 51.4 Å². The van der Waals surface area contributed by atoms with Gasteiger partial charge in [0, 0.05) is 19.4 Å². The maximum atomic E-state index is 12.1. The molecule has 0 heterocycles. The Morgan fingerprint density at radius 1 is 0.862 bits per heavy atom. The zero-order valence-corrected chi connectivity index (χ0v) is 19.1. The zero-order chi connectivity index (χ0) is 22.0. The van der Waals surface area contributed by atoms with E-state index < -0.39 is 16.0 Å². The number of sulfonamides is 1. The fourth-order valence-electron chi connectivity index (χ4n) is 3.01. The van der Waals surface area contributed by atoms with Crippen molar-refractivity contribution < 1.29 is 27.9 Å². The maximum absolute atomic E-state index is 12.1. The number of esters is 1. The number of carbonyl (C=O) groups is 2. The van der Waals surface area contributed by atoms with Gasteiger partial charge in [-0.15, -0.1) is 0 Å². The van der Waals surface area contributed by atoms with Crippen molar-refractivity contribution in [1.29, 1.82) is 0 Å². The summed E-state index contributed by atoms with van der Waals surface area (Å²) >= 11 is 0. The molecule has 1 atom stereocenters. The van der Waals surface area contributed by atoms with E-state index >= 15 is 0 Å².